The molecule has 0 bridgehead atoms. The van der Waals surface area contributed by atoms with Gasteiger partial charge in [-0.05, 0) is 30.2 Å². The highest BCUT2D eigenvalue weighted by Crippen LogP contribution is 2.34. The normalized spacial score (nSPS) is 12.1. The van der Waals surface area contributed by atoms with E-state index in [1.165, 1.54) is 12.3 Å². The lowest BCUT2D eigenvalue weighted by atomic mass is 10.2. The van der Waals surface area contributed by atoms with E-state index in [1.54, 1.807) is 12.3 Å². The van der Waals surface area contributed by atoms with Crippen LogP contribution in [0, 0.1) is 5.92 Å². The highest BCUT2D eigenvalue weighted by Gasteiger charge is 2.31. The third-order valence-electron chi connectivity index (χ3n) is 3.30. The summed E-state index contributed by atoms with van der Waals surface area (Å²) in [6.45, 7) is 4.50. The number of hydrogen-bond acceptors (Lipinski definition) is 4. The second-order valence-electron chi connectivity index (χ2n) is 5.78. The Labute approximate surface area is 136 Å². The zero-order chi connectivity index (χ0) is 17.3. The van der Waals surface area contributed by atoms with Gasteiger partial charge in [-0.1, -0.05) is 13.8 Å². The van der Waals surface area contributed by atoms with Crippen LogP contribution in [0.3, 0.4) is 0 Å². The van der Waals surface area contributed by atoms with Crippen LogP contribution in [-0.4, -0.2) is 16.6 Å². The topological polar surface area (TPSA) is 48.2 Å². The summed E-state index contributed by atoms with van der Waals surface area (Å²) in [6.07, 6.45) is -1.34. The SMILES string of the molecule is CC(C)COc1cnccc1-c1nc2cc(C(F)(F)F)ccc2o1. The lowest BCUT2D eigenvalue weighted by molar-refractivity contribution is -0.137. The Kier molecular flexibility index (Phi) is 4.17. The van der Waals surface area contributed by atoms with Crippen LogP contribution in [0.5, 0.6) is 5.75 Å². The molecule has 0 radical (unpaired) electrons. The Morgan fingerprint density at radius 2 is 2.00 bits per heavy atom. The number of alkyl halides is 3. The predicted molar refractivity (Wildman–Crippen MR) is 82.6 cm³/mol. The monoisotopic (exact) mass is 336 g/mol. The fraction of sp³-hybridized carbons (Fsp3) is 0.294. The molecule has 0 fully saturated rings. The number of halogens is 3. The van der Waals surface area contributed by atoms with E-state index in [-0.39, 0.29) is 17.0 Å². The average molecular weight is 336 g/mol. The minimum absolute atomic E-state index is 0.145. The maximum atomic E-state index is 12.8. The molecule has 0 aliphatic heterocycles. The molecule has 0 aliphatic carbocycles. The molecule has 1 aromatic carbocycles. The Balaban J connectivity index is 2.01. The van der Waals surface area contributed by atoms with Crippen molar-refractivity contribution < 1.29 is 22.3 Å². The van der Waals surface area contributed by atoms with E-state index in [0.29, 0.717) is 23.8 Å². The summed E-state index contributed by atoms with van der Waals surface area (Å²) in [6, 6.07) is 4.87. The van der Waals surface area contributed by atoms with Crippen molar-refractivity contribution in [3.05, 3.63) is 42.2 Å². The van der Waals surface area contributed by atoms with Crippen molar-refractivity contribution in [2.75, 3.05) is 6.61 Å². The average Bonchev–Trinajstić information content (AvgIpc) is 2.95. The van der Waals surface area contributed by atoms with Gasteiger partial charge in [0.2, 0.25) is 5.89 Å². The number of hydrogen-bond donors (Lipinski definition) is 0. The van der Waals surface area contributed by atoms with E-state index in [1.807, 2.05) is 13.8 Å². The summed E-state index contributed by atoms with van der Waals surface area (Å²) < 4.78 is 49.7. The second kappa shape index (κ2) is 6.14. The molecule has 3 aromatic rings. The lowest BCUT2D eigenvalue weighted by Gasteiger charge is -2.10. The van der Waals surface area contributed by atoms with Crippen LogP contribution in [-0.2, 0) is 6.18 Å². The zero-order valence-corrected chi connectivity index (χ0v) is 13.1. The molecule has 0 N–H and O–H groups in total. The van der Waals surface area contributed by atoms with Crippen LogP contribution < -0.4 is 4.74 Å². The number of pyridine rings is 1. The number of nitrogens with zero attached hydrogens (tertiary/aromatic N) is 2. The largest absolute Gasteiger partial charge is 0.491 e. The van der Waals surface area contributed by atoms with Crippen LogP contribution in [0.15, 0.2) is 41.1 Å². The highest BCUT2D eigenvalue weighted by molar-refractivity contribution is 5.78. The second-order valence-corrected chi connectivity index (χ2v) is 5.78. The first-order valence-corrected chi connectivity index (χ1v) is 7.39. The number of aromatic nitrogens is 2. The minimum atomic E-state index is -4.42. The number of benzene rings is 1. The molecule has 2 heterocycles. The van der Waals surface area contributed by atoms with Crippen molar-refractivity contribution in [3.8, 4) is 17.2 Å². The number of ether oxygens (including phenoxy) is 1. The molecule has 0 amide bonds. The van der Waals surface area contributed by atoms with Gasteiger partial charge >= 0.3 is 6.18 Å². The molecule has 0 spiro atoms. The molecule has 3 rings (SSSR count). The fourth-order valence-electron chi connectivity index (χ4n) is 2.15. The molecule has 24 heavy (non-hydrogen) atoms. The first-order valence-electron chi connectivity index (χ1n) is 7.39. The van der Waals surface area contributed by atoms with Gasteiger partial charge in [0, 0.05) is 6.20 Å². The number of oxazole rings is 1. The quantitative estimate of drug-likeness (QED) is 0.677. The van der Waals surface area contributed by atoms with Gasteiger partial charge in [-0.3, -0.25) is 4.98 Å². The molecule has 0 saturated heterocycles. The van der Waals surface area contributed by atoms with Crippen molar-refractivity contribution >= 4 is 11.1 Å². The van der Waals surface area contributed by atoms with Gasteiger partial charge in [-0.15, -0.1) is 0 Å². The van der Waals surface area contributed by atoms with E-state index in [4.69, 9.17) is 9.15 Å². The molecule has 126 valence electrons. The van der Waals surface area contributed by atoms with Gasteiger partial charge in [0.15, 0.2) is 5.58 Å². The summed E-state index contributed by atoms with van der Waals surface area (Å²) in [4.78, 5) is 8.18. The van der Waals surface area contributed by atoms with Crippen molar-refractivity contribution in [2.24, 2.45) is 5.92 Å². The summed E-state index contributed by atoms with van der Waals surface area (Å²) in [5, 5.41) is 0. The van der Waals surface area contributed by atoms with E-state index in [0.717, 1.165) is 12.1 Å². The summed E-state index contributed by atoms with van der Waals surface area (Å²) in [5.41, 5.74) is 0.215. The van der Waals surface area contributed by atoms with E-state index >= 15 is 0 Å². The summed E-state index contributed by atoms with van der Waals surface area (Å²) in [5.74, 6) is 0.996. The van der Waals surface area contributed by atoms with Crippen molar-refractivity contribution in [3.63, 3.8) is 0 Å². The number of rotatable bonds is 4. The van der Waals surface area contributed by atoms with E-state index in [2.05, 4.69) is 9.97 Å². The van der Waals surface area contributed by atoms with E-state index in [9.17, 15) is 13.2 Å². The smallest absolute Gasteiger partial charge is 0.416 e. The third-order valence-corrected chi connectivity index (χ3v) is 3.30. The van der Waals surface area contributed by atoms with Gasteiger partial charge < -0.3 is 9.15 Å². The van der Waals surface area contributed by atoms with Crippen LogP contribution >= 0.6 is 0 Å². The van der Waals surface area contributed by atoms with Crippen LogP contribution in [0.25, 0.3) is 22.6 Å². The first-order chi connectivity index (χ1) is 11.3. The Hall–Kier alpha value is -2.57. The Morgan fingerprint density at radius 3 is 2.71 bits per heavy atom. The fourth-order valence-corrected chi connectivity index (χ4v) is 2.15. The first kappa shape index (κ1) is 16.3. The van der Waals surface area contributed by atoms with Gasteiger partial charge in [-0.2, -0.15) is 13.2 Å². The highest BCUT2D eigenvalue weighted by atomic mass is 19.4. The van der Waals surface area contributed by atoms with Crippen LogP contribution in [0.2, 0.25) is 0 Å². The third kappa shape index (κ3) is 3.34. The molecule has 0 aliphatic rings. The molecule has 0 unspecified atom stereocenters. The molecule has 0 saturated carbocycles. The molecule has 0 atom stereocenters. The van der Waals surface area contributed by atoms with Crippen LogP contribution in [0.4, 0.5) is 13.2 Å². The maximum absolute atomic E-state index is 12.8. The number of fused-ring (bicyclic) bond motifs is 1. The maximum Gasteiger partial charge on any atom is 0.416 e. The van der Waals surface area contributed by atoms with Gasteiger partial charge in [-0.25, -0.2) is 4.98 Å². The summed E-state index contributed by atoms with van der Waals surface area (Å²) >= 11 is 0. The van der Waals surface area contributed by atoms with Gasteiger partial charge in [0.05, 0.1) is 23.9 Å². The van der Waals surface area contributed by atoms with Gasteiger partial charge in [0.25, 0.3) is 0 Å². The zero-order valence-electron chi connectivity index (χ0n) is 13.1. The molecule has 4 nitrogen and oxygen atoms in total. The predicted octanol–water partition coefficient (Wildman–Crippen LogP) is 4.94. The molecule has 2 aromatic heterocycles. The standard InChI is InChI=1S/C17H15F3N2O2/c1-10(2)9-23-15-8-21-6-5-12(15)16-22-13-7-11(17(18,19)20)3-4-14(13)24-16/h3-8,10H,9H2,1-2H3. The Morgan fingerprint density at radius 1 is 1.21 bits per heavy atom. The molecule has 7 heteroatoms. The minimum Gasteiger partial charge on any atom is -0.491 e. The van der Waals surface area contributed by atoms with Gasteiger partial charge in [0.1, 0.15) is 11.3 Å². The van der Waals surface area contributed by atoms with Crippen molar-refractivity contribution in [1.82, 2.24) is 9.97 Å². The van der Waals surface area contributed by atoms with Crippen LogP contribution in [0.1, 0.15) is 19.4 Å². The Bertz CT molecular complexity index is 856. The van der Waals surface area contributed by atoms with E-state index < -0.39 is 11.7 Å². The molecular weight excluding hydrogens is 321 g/mol. The van der Waals surface area contributed by atoms with Crippen molar-refractivity contribution in [1.29, 1.82) is 0 Å². The van der Waals surface area contributed by atoms with Crippen molar-refractivity contribution in [2.45, 2.75) is 20.0 Å². The summed E-state index contributed by atoms with van der Waals surface area (Å²) in [7, 11) is 0. The molecular formula is C17H15F3N2O2. The lowest BCUT2D eigenvalue weighted by Crippen LogP contribution is -2.05.